The molecule has 140 valence electrons. The van der Waals surface area contributed by atoms with Crippen LogP contribution < -0.4 is 10.6 Å². The third-order valence-corrected chi connectivity index (χ3v) is 4.97. The Morgan fingerprint density at radius 2 is 1.67 bits per heavy atom. The van der Waals surface area contributed by atoms with Crippen LogP contribution in [0.2, 0.25) is 0 Å². The van der Waals surface area contributed by atoms with Crippen molar-refractivity contribution in [3.8, 4) is 22.4 Å². The van der Waals surface area contributed by atoms with Crippen LogP contribution in [-0.2, 0) is 0 Å². The fourth-order valence-electron chi connectivity index (χ4n) is 3.54. The zero-order chi connectivity index (χ0) is 18.6. The molecule has 1 saturated heterocycles. The van der Waals surface area contributed by atoms with Crippen LogP contribution in [0.15, 0.2) is 48.8 Å². The number of aromatic amines is 1. The molecule has 3 N–H and O–H groups in total. The van der Waals surface area contributed by atoms with Crippen molar-refractivity contribution in [3.63, 3.8) is 0 Å². The number of nitrogens with zero attached hydrogens (tertiary/aromatic N) is 4. The molecule has 0 spiro atoms. The van der Waals surface area contributed by atoms with Crippen LogP contribution in [0.25, 0.3) is 22.4 Å². The van der Waals surface area contributed by atoms with Gasteiger partial charge in [0.05, 0.1) is 11.3 Å². The number of halogens is 1. The molecule has 0 unspecified atom stereocenters. The summed E-state index contributed by atoms with van der Waals surface area (Å²) in [5.74, 6) is 0.674. The van der Waals surface area contributed by atoms with Gasteiger partial charge in [-0.15, -0.1) is 0 Å². The van der Waals surface area contributed by atoms with E-state index in [-0.39, 0.29) is 5.82 Å². The van der Waals surface area contributed by atoms with Crippen molar-refractivity contribution in [3.05, 3.63) is 54.6 Å². The Hall–Kier alpha value is -2.77. The van der Waals surface area contributed by atoms with Gasteiger partial charge in [0.1, 0.15) is 5.82 Å². The average Bonchev–Trinajstić information content (AvgIpc) is 3.15. The normalized spacial score (nSPS) is 15.3. The Labute approximate surface area is 157 Å². The fourth-order valence-corrected chi connectivity index (χ4v) is 3.54. The molecule has 27 heavy (non-hydrogen) atoms. The van der Waals surface area contributed by atoms with Crippen molar-refractivity contribution >= 4 is 5.82 Å². The highest BCUT2D eigenvalue weighted by atomic mass is 19.1. The lowest BCUT2D eigenvalue weighted by Crippen LogP contribution is -2.48. The van der Waals surface area contributed by atoms with E-state index in [4.69, 9.17) is 5.73 Å². The van der Waals surface area contributed by atoms with Crippen LogP contribution in [0, 0.1) is 5.82 Å². The van der Waals surface area contributed by atoms with Gasteiger partial charge in [0.2, 0.25) is 0 Å². The summed E-state index contributed by atoms with van der Waals surface area (Å²) >= 11 is 0. The summed E-state index contributed by atoms with van der Waals surface area (Å²) in [5.41, 5.74) is 9.54. The summed E-state index contributed by atoms with van der Waals surface area (Å²) in [5, 5.41) is 7.80. The Balaban J connectivity index is 1.71. The first-order valence-corrected chi connectivity index (χ1v) is 9.18. The zero-order valence-electron chi connectivity index (χ0n) is 15.1. The first-order valence-electron chi connectivity index (χ1n) is 9.18. The first kappa shape index (κ1) is 17.6. The number of piperazine rings is 1. The molecular formula is C20H23FN6. The van der Waals surface area contributed by atoms with Gasteiger partial charge in [0.25, 0.3) is 0 Å². The van der Waals surface area contributed by atoms with Crippen molar-refractivity contribution in [2.45, 2.75) is 0 Å². The van der Waals surface area contributed by atoms with E-state index < -0.39 is 0 Å². The van der Waals surface area contributed by atoms with Gasteiger partial charge in [0.15, 0.2) is 5.82 Å². The van der Waals surface area contributed by atoms with Crippen LogP contribution in [0.5, 0.6) is 0 Å². The number of hydrogen-bond acceptors (Lipinski definition) is 5. The summed E-state index contributed by atoms with van der Waals surface area (Å²) in [6, 6.07) is 10.4. The van der Waals surface area contributed by atoms with E-state index in [1.54, 1.807) is 24.5 Å². The molecule has 3 aromatic rings. The number of aromatic nitrogens is 3. The molecule has 0 bridgehead atoms. The Kier molecular flexibility index (Phi) is 5.13. The lowest BCUT2D eigenvalue weighted by Gasteiger charge is -2.35. The molecular weight excluding hydrogens is 343 g/mol. The van der Waals surface area contributed by atoms with Crippen molar-refractivity contribution in [1.29, 1.82) is 0 Å². The van der Waals surface area contributed by atoms with Crippen molar-refractivity contribution in [2.75, 3.05) is 44.2 Å². The van der Waals surface area contributed by atoms with Gasteiger partial charge in [-0.3, -0.25) is 15.0 Å². The fraction of sp³-hybridized carbons (Fsp3) is 0.300. The second kappa shape index (κ2) is 7.85. The molecule has 0 amide bonds. The molecule has 3 heterocycles. The van der Waals surface area contributed by atoms with Crippen LogP contribution in [-0.4, -0.2) is 59.3 Å². The molecule has 2 aromatic heterocycles. The van der Waals surface area contributed by atoms with Gasteiger partial charge in [-0.1, -0.05) is 0 Å². The molecule has 0 saturated carbocycles. The molecule has 4 rings (SSSR count). The highest BCUT2D eigenvalue weighted by Crippen LogP contribution is 2.38. The topological polar surface area (TPSA) is 74.1 Å². The number of pyridine rings is 1. The number of hydrogen-bond donors (Lipinski definition) is 2. The molecule has 6 nitrogen and oxygen atoms in total. The maximum atomic E-state index is 13.4. The smallest absolute Gasteiger partial charge is 0.159 e. The maximum Gasteiger partial charge on any atom is 0.159 e. The number of nitrogens with one attached hydrogen (secondary N) is 1. The number of H-pyrrole nitrogens is 1. The van der Waals surface area contributed by atoms with Crippen LogP contribution in [0.4, 0.5) is 10.2 Å². The van der Waals surface area contributed by atoms with Gasteiger partial charge < -0.3 is 10.6 Å². The molecule has 0 radical (unpaired) electrons. The summed E-state index contributed by atoms with van der Waals surface area (Å²) in [6.07, 6.45) is 3.56. The average molecular weight is 366 g/mol. The van der Waals surface area contributed by atoms with Crippen LogP contribution >= 0.6 is 0 Å². The van der Waals surface area contributed by atoms with Crippen molar-refractivity contribution < 1.29 is 4.39 Å². The molecule has 7 heteroatoms. The number of nitrogens with two attached hydrogens (primary N) is 1. The minimum Gasteiger partial charge on any atom is -0.352 e. The van der Waals surface area contributed by atoms with Gasteiger partial charge in [-0.2, -0.15) is 5.10 Å². The standard InChI is InChI=1S/C20H23FN6/c21-17-3-1-16(2-4-17)19-18(15-5-8-23-9-6-15)20(25-24-19)27-13-11-26(10-7-22)12-14-27/h1-6,8-9H,7,10-14,22H2,(H,24,25). The maximum absolute atomic E-state index is 13.4. The van der Waals surface area contributed by atoms with Crippen LogP contribution in [0.3, 0.4) is 0 Å². The predicted molar refractivity (Wildman–Crippen MR) is 105 cm³/mol. The summed E-state index contributed by atoms with van der Waals surface area (Å²) in [6.45, 7) is 5.32. The minimum absolute atomic E-state index is 0.250. The number of rotatable bonds is 5. The van der Waals surface area contributed by atoms with E-state index in [9.17, 15) is 4.39 Å². The first-order chi connectivity index (χ1) is 13.3. The van der Waals surface area contributed by atoms with Gasteiger partial charge in [0, 0.05) is 57.2 Å². The highest BCUT2D eigenvalue weighted by Gasteiger charge is 2.24. The van der Waals surface area contributed by atoms with Crippen LogP contribution in [0.1, 0.15) is 0 Å². The second-order valence-electron chi connectivity index (χ2n) is 6.66. The van der Waals surface area contributed by atoms with Crippen molar-refractivity contribution in [1.82, 2.24) is 20.1 Å². The van der Waals surface area contributed by atoms with Gasteiger partial charge in [-0.05, 0) is 42.0 Å². The predicted octanol–water partition coefficient (Wildman–Crippen LogP) is 2.36. The summed E-state index contributed by atoms with van der Waals surface area (Å²) in [4.78, 5) is 8.80. The lowest BCUT2D eigenvalue weighted by atomic mass is 10.0. The summed E-state index contributed by atoms with van der Waals surface area (Å²) < 4.78 is 13.4. The van der Waals surface area contributed by atoms with Gasteiger partial charge in [-0.25, -0.2) is 4.39 Å². The second-order valence-corrected chi connectivity index (χ2v) is 6.66. The monoisotopic (exact) mass is 366 g/mol. The minimum atomic E-state index is -0.250. The molecule has 1 aliphatic rings. The zero-order valence-corrected chi connectivity index (χ0v) is 15.1. The Morgan fingerprint density at radius 3 is 2.33 bits per heavy atom. The van der Waals surface area contributed by atoms with E-state index in [0.717, 1.165) is 60.9 Å². The molecule has 0 atom stereocenters. The molecule has 1 fully saturated rings. The Morgan fingerprint density at radius 1 is 0.963 bits per heavy atom. The third-order valence-electron chi connectivity index (χ3n) is 4.97. The molecule has 0 aliphatic carbocycles. The molecule has 1 aliphatic heterocycles. The van der Waals surface area contributed by atoms with E-state index in [1.165, 1.54) is 12.1 Å². The quantitative estimate of drug-likeness (QED) is 0.725. The van der Waals surface area contributed by atoms with Crippen molar-refractivity contribution in [2.24, 2.45) is 5.73 Å². The molecule has 1 aromatic carbocycles. The van der Waals surface area contributed by atoms with E-state index in [2.05, 4.69) is 25.0 Å². The largest absolute Gasteiger partial charge is 0.352 e. The highest BCUT2D eigenvalue weighted by molar-refractivity contribution is 5.89. The third kappa shape index (κ3) is 3.70. The van der Waals surface area contributed by atoms with E-state index in [1.807, 2.05) is 12.1 Å². The van der Waals surface area contributed by atoms with E-state index in [0.29, 0.717) is 6.54 Å². The number of anilines is 1. The lowest BCUT2D eigenvalue weighted by molar-refractivity contribution is 0.264. The number of benzene rings is 1. The SMILES string of the molecule is NCCN1CCN(c2n[nH]c(-c3ccc(F)cc3)c2-c2ccncc2)CC1. The summed E-state index contributed by atoms with van der Waals surface area (Å²) in [7, 11) is 0. The van der Waals surface area contributed by atoms with Gasteiger partial charge >= 0.3 is 0 Å². The van der Waals surface area contributed by atoms with E-state index >= 15 is 0 Å². The Bertz CT molecular complexity index is 869.